The van der Waals surface area contributed by atoms with Gasteiger partial charge in [0.1, 0.15) is 0 Å². The van der Waals surface area contributed by atoms with E-state index in [0.717, 1.165) is 48.7 Å². The highest BCUT2D eigenvalue weighted by molar-refractivity contribution is 7.98. The molecule has 0 aliphatic carbocycles. The number of nitrogens with one attached hydrogen (secondary N) is 1. The Bertz CT molecular complexity index is 932. The third-order valence-corrected chi connectivity index (χ3v) is 6.42. The van der Waals surface area contributed by atoms with Crippen molar-refractivity contribution in [2.45, 2.75) is 36.1 Å². The number of hydrogen-bond donors (Lipinski definition) is 1. The van der Waals surface area contributed by atoms with Gasteiger partial charge in [-0.3, -0.25) is 14.7 Å². The molecule has 1 atom stereocenters. The molecule has 1 amide bonds. The summed E-state index contributed by atoms with van der Waals surface area (Å²) in [6.45, 7) is 2.93. The minimum Gasteiger partial charge on any atom is -0.348 e. The molecule has 5 heteroatoms. The third-order valence-electron chi connectivity index (χ3n) is 5.33. The van der Waals surface area contributed by atoms with Gasteiger partial charge in [-0.05, 0) is 60.8 Å². The van der Waals surface area contributed by atoms with Crippen molar-refractivity contribution in [3.05, 3.63) is 95.8 Å². The summed E-state index contributed by atoms with van der Waals surface area (Å²) in [5.74, 6) is 0.893. The van der Waals surface area contributed by atoms with Crippen LogP contribution in [0.1, 0.15) is 34.3 Å². The van der Waals surface area contributed by atoms with Crippen molar-refractivity contribution >= 4 is 17.7 Å². The van der Waals surface area contributed by atoms with E-state index in [9.17, 15) is 4.79 Å². The van der Waals surface area contributed by atoms with Gasteiger partial charge in [0.2, 0.25) is 0 Å². The van der Waals surface area contributed by atoms with Gasteiger partial charge in [0.25, 0.3) is 5.91 Å². The molecule has 0 saturated carbocycles. The van der Waals surface area contributed by atoms with E-state index < -0.39 is 0 Å². The summed E-state index contributed by atoms with van der Waals surface area (Å²) in [6, 6.07) is 22.7. The van der Waals surface area contributed by atoms with Gasteiger partial charge in [-0.15, -0.1) is 11.8 Å². The highest BCUT2D eigenvalue weighted by Crippen LogP contribution is 2.23. The zero-order valence-electron chi connectivity index (χ0n) is 17.0. The van der Waals surface area contributed by atoms with Gasteiger partial charge in [-0.2, -0.15) is 0 Å². The second-order valence-electron chi connectivity index (χ2n) is 7.71. The predicted octanol–water partition coefficient (Wildman–Crippen LogP) is 4.77. The van der Waals surface area contributed by atoms with Crippen molar-refractivity contribution in [2.24, 2.45) is 0 Å². The van der Waals surface area contributed by atoms with E-state index in [1.165, 1.54) is 11.1 Å². The van der Waals surface area contributed by atoms with E-state index in [-0.39, 0.29) is 11.9 Å². The number of nitrogens with zero attached hydrogens (tertiary/aromatic N) is 2. The van der Waals surface area contributed by atoms with E-state index in [2.05, 4.69) is 45.5 Å². The number of aromatic nitrogens is 1. The molecule has 1 aromatic heterocycles. The number of rotatable bonds is 7. The molecular formula is C25H27N3OS. The number of carbonyl (C=O) groups is 1. The first-order valence-corrected chi connectivity index (χ1v) is 11.4. The first kappa shape index (κ1) is 20.6. The first-order chi connectivity index (χ1) is 14.8. The number of thioether (sulfide) groups is 1. The standard InChI is InChI=1S/C25H27N3OS/c29-25(22-10-12-24(13-11-22)30-19-21-8-4-14-26-16-21)27-23-9-5-15-28(18-23)17-20-6-2-1-3-7-20/h1-4,6-8,10-14,16,23H,5,9,15,17-19H2,(H,27,29). The lowest BCUT2D eigenvalue weighted by atomic mass is 10.0. The molecule has 1 aliphatic rings. The van der Waals surface area contributed by atoms with Crippen molar-refractivity contribution in [3.8, 4) is 0 Å². The van der Waals surface area contributed by atoms with Gasteiger partial charge >= 0.3 is 0 Å². The normalized spacial score (nSPS) is 16.9. The molecule has 0 spiro atoms. The van der Waals surface area contributed by atoms with E-state index in [1.54, 1.807) is 18.0 Å². The van der Waals surface area contributed by atoms with Gasteiger partial charge in [-0.1, -0.05) is 36.4 Å². The smallest absolute Gasteiger partial charge is 0.251 e. The van der Waals surface area contributed by atoms with Crippen molar-refractivity contribution in [1.82, 2.24) is 15.2 Å². The average Bonchev–Trinajstić information content (AvgIpc) is 2.80. The Labute approximate surface area is 182 Å². The highest BCUT2D eigenvalue weighted by atomic mass is 32.2. The second-order valence-corrected chi connectivity index (χ2v) is 8.76. The van der Waals surface area contributed by atoms with Gasteiger partial charge in [0.15, 0.2) is 0 Å². The number of hydrogen-bond acceptors (Lipinski definition) is 4. The maximum absolute atomic E-state index is 12.7. The Morgan fingerprint density at radius 3 is 2.60 bits per heavy atom. The molecule has 4 nitrogen and oxygen atoms in total. The topological polar surface area (TPSA) is 45.2 Å². The minimum absolute atomic E-state index is 0.0189. The Hall–Kier alpha value is -2.63. The molecule has 1 aliphatic heterocycles. The molecule has 1 saturated heterocycles. The van der Waals surface area contributed by atoms with Crippen LogP contribution in [-0.2, 0) is 12.3 Å². The van der Waals surface area contributed by atoms with Crippen LogP contribution in [0.2, 0.25) is 0 Å². The quantitative estimate of drug-likeness (QED) is 0.563. The van der Waals surface area contributed by atoms with Crippen LogP contribution >= 0.6 is 11.8 Å². The molecule has 1 fully saturated rings. The van der Waals surface area contributed by atoms with Gasteiger partial charge < -0.3 is 5.32 Å². The molecule has 30 heavy (non-hydrogen) atoms. The average molecular weight is 418 g/mol. The summed E-state index contributed by atoms with van der Waals surface area (Å²) in [6.07, 6.45) is 5.83. The molecule has 4 rings (SSSR count). The van der Waals surface area contributed by atoms with Crippen LogP contribution in [0.3, 0.4) is 0 Å². The Morgan fingerprint density at radius 1 is 1.03 bits per heavy atom. The molecule has 0 bridgehead atoms. The molecule has 0 radical (unpaired) electrons. The summed E-state index contributed by atoms with van der Waals surface area (Å²) < 4.78 is 0. The lowest BCUT2D eigenvalue weighted by Gasteiger charge is -2.33. The molecule has 1 unspecified atom stereocenters. The van der Waals surface area contributed by atoms with E-state index in [0.29, 0.717) is 0 Å². The highest BCUT2D eigenvalue weighted by Gasteiger charge is 2.21. The summed E-state index contributed by atoms with van der Waals surface area (Å²) >= 11 is 1.75. The number of amides is 1. The lowest BCUT2D eigenvalue weighted by molar-refractivity contribution is 0.0900. The minimum atomic E-state index is 0.0189. The van der Waals surface area contributed by atoms with Gasteiger partial charge in [-0.25, -0.2) is 0 Å². The van der Waals surface area contributed by atoms with Crippen molar-refractivity contribution in [2.75, 3.05) is 13.1 Å². The first-order valence-electron chi connectivity index (χ1n) is 10.5. The SMILES string of the molecule is O=C(NC1CCCN(Cc2ccccc2)C1)c1ccc(SCc2cccnc2)cc1. The fourth-order valence-corrected chi connectivity index (χ4v) is 4.61. The zero-order valence-corrected chi connectivity index (χ0v) is 17.9. The number of benzene rings is 2. The maximum atomic E-state index is 12.7. The van der Waals surface area contributed by atoms with Crippen LogP contribution in [-0.4, -0.2) is 34.9 Å². The van der Waals surface area contributed by atoms with E-state index >= 15 is 0 Å². The molecule has 2 aromatic carbocycles. The summed E-state index contributed by atoms with van der Waals surface area (Å²) in [4.78, 5) is 20.5. The van der Waals surface area contributed by atoms with Gasteiger partial charge in [0.05, 0.1) is 0 Å². The Morgan fingerprint density at radius 2 is 1.83 bits per heavy atom. The zero-order chi connectivity index (χ0) is 20.6. The van der Waals surface area contributed by atoms with Crippen LogP contribution in [0.5, 0.6) is 0 Å². The molecule has 154 valence electrons. The largest absolute Gasteiger partial charge is 0.348 e. The van der Waals surface area contributed by atoms with Crippen LogP contribution in [0.15, 0.2) is 84.0 Å². The van der Waals surface area contributed by atoms with Crippen LogP contribution in [0.4, 0.5) is 0 Å². The third kappa shape index (κ3) is 5.94. The number of piperidine rings is 1. The van der Waals surface area contributed by atoms with Crippen molar-refractivity contribution in [1.29, 1.82) is 0 Å². The number of pyridine rings is 1. The van der Waals surface area contributed by atoms with Crippen LogP contribution in [0.25, 0.3) is 0 Å². The fraction of sp³-hybridized carbons (Fsp3) is 0.280. The lowest BCUT2D eigenvalue weighted by Crippen LogP contribution is -2.47. The van der Waals surface area contributed by atoms with Crippen LogP contribution < -0.4 is 5.32 Å². The predicted molar refractivity (Wildman–Crippen MR) is 122 cm³/mol. The monoisotopic (exact) mass is 417 g/mol. The van der Waals surface area contributed by atoms with Gasteiger partial charge in [0, 0.05) is 47.7 Å². The van der Waals surface area contributed by atoms with Crippen LogP contribution in [0, 0.1) is 0 Å². The maximum Gasteiger partial charge on any atom is 0.251 e. The van der Waals surface area contributed by atoms with E-state index in [1.807, 2.05) is 42.6 Å². The molecular weight excluding hydrogens is 390 g/mol. The Balaban J connectivity index is 1.27. The summed E-state index contributed by atoms with van der Waals surface area (Å²) in [7, 11) is 0. The van der Waals surface area contributed by atoms with E-state index in [4.69, 9.17) is 0 Å². The van der Waals surface area contributed by atoms with Crippen molar-refractivity contribution in [3.63, 3.8) is 0 Å². The fourth-order valence-electron chi connectivity index (χ4n) is 3.78. The van der Waals surface area contributed by atoms with Crippen molar-refractivity contribution < 1.29 is 4.79 Å². The number of likely N-dealkylation sites (tertiary alicyclic amines) is 1. The molecule has 2 heterocycles. The molecule has 3 aromatic rings. The summed E-state index contributed by atoms with van der Waals surface area (Å²) in [5, 5.41) is 3.23. The Kier molecular flexibility index (Phi) is 7.16. The second kappa shape index (κ2) is 10.4. The molecule has 1 N–H and O–H groups in total. The summed E-state index contributed by atoms with van der Waals surface area (Å²) in [5.41, 5.74) is 3.24. The number of carbonyl (C=O) groups excluding carboxylic acids is 1.